The van der Waals surface area contributed by atoms with Crippen LogP contribution in [-0.4, -0.2) is 0 Å². The molecule has 40 heavy (non-hydrogen) atoms. The molecule has 0 spiro atoms. The molecule has 0 amide bonds. The molecular formula is C40H38. The fourth-order valence-corrected chi connectivity index (χ4v) is 10.5. The summed E-state index contributed by atoms with van der Waals surface area (Å²) in [7, 11) is 0. The minimum Gasteiger partial charge on any atom is -0.0619 e. The number of aryl methyl sites for hydroxylation is 1. The molecule has 0 heterocycles. The topological polar surface area (TPSA) is 0 Å². The zero-order chi connectivity index (χ0) is 26.8. The van der Waals surface area contributed by atoms with Crippen molar-refractivity contribution in [3.8, 4) is 22.3 Å². The number of hydrogen-bond donors (Lipinski definition) is 0. The molecule has 0 N–H and O–H groups in total. The van der Waals surface area contributed by atoms with E-state index >= 15 is 0 Å². The summed E-state index contributed by atoms with van der Waals surface area (Å²) in [5.41, 5.74) is 11.9. The second-order valence-corrected chi connectivity index (χ2v) is 14.5. The summed E-state index contributed by atoms with van der Waals surface area (Å²) in [6.45, 7) is 7.03. The van der Waals surface area contributed by atoms with Crippen molar-refractivity contribution in [2.45, 2.75) is 70.1 Å². The van der Waals surface area contributed by atoms with Gasteiger partial charge in [-0.1, -0.05) is 98.3 Å². The van der Waals surface area contributed by atoms with Gasteiger partial charge in [0.1, 0.15) is 0 Å². The van der Waals surface area contributed by atoms with Crippen LogP contribution in [0.3, 0.4) is 0 Å². The molecule has 5 aliphatic carbocycles. The van der Waals surface area contributed by atoms with Gasteiger partial charge in [0.2, 0.25) is 0 Å². The van der Waals surface area contributed by atoms with Crippen molar-refractivity contribution in [2.24, 2.45) is 17.8 Å². The summed E-state index contributed by atoms with van der Waals surface area (Å²) in [6, 6.07) is 33.2. The molecule has 0 heteroatoms. The maximum atomic E-state index is 2.51. The van der Waals surface area contributed by atoms with Crippen LogP contribution in [0.5, 0.6) is 0 Å². The zero-order valence-corrected chi connectivity index (χ0v) is 24.1. The average Bonchev–Trinajstić information content (AvgIpc) is 3.17. The Kier molecular flexibility index (Phi) is 4.60. The maximum Gasteiger partial charge on any atom is 0.0158 e. The summed E-state index contributed by atoms with van der Waals surface area (Å²) in [6.07, 6.45) is 8.65. The molecule has 0 nitrogen and oxygen atoms in total. The van der Waals surface area contributed by atoms with E-state index in [-0.39, 0.29) is 5.41 Å². The summed E-state index contributed by atoms with van der Waals surface area (Å²) in [4.78, 5) is 0. The minimum absolute atomic E-state index is 0.0353. The van der Waals surface area contributed by atoms with E-state index in [9.17, 15) is 0 Å². The van der Waals surface area contributed by atoms with Gasteiger partial charge in [0.05, 0.1) is 0 Å². The van der Waals surface area contributed by atoms with Crippen LogP contribution in [0, 0.1) is 24.7 Å². The Balaban J connectivity index is 1.35. The molecule has 4 fully saturated rings. The lowest BCUT2D eigenvalue weighted by Gasteiger charge is -2.57. The van der Waals surface area contributed by atoms with Gasteiger partial charge in [-0.05, 0) is 135 Å². The third-order valence-corrected chi connectivity index (χ3v) is 11.6. The van der Waals surface area contributed by atoms with Gasteiger partial charge < -0.3 is 0 Å². The Morgan fingerprint density at radius 1 is 0.575 bits per heavy atom. The summed E-state index contributed by atoms with van der Waals surface area (Å²) >= 11 is 0. The van der Waals surface area contributed by atoms with Crippen molar-refractivity contribution in [3.05, 3.63) is 107 Å². The third-order valence-electron chi connectivity index (χ3n) is 11.6. The largest absolute Gasteiger partial charge is 0.0619 e. The van der Waals surface area contributed by atoms with E-state index in [2.05, 4.69) is 106 Å². The van der Waals surface area contributed by atoms with Gasteiger partial charge in [-0.2, -0.15) is 0 Å². The highest BCUT2D eigenvalue weighted by Crippen LogP contribution is 2.63. The van der Waals surface area contributed by atoms with E-state index < -0.39 is 0 Å². The summed E-state index contributed by atoms with van der Waals surface area (Å²) in [5.74, 6) is 2.81. The Labute approximate surface area is 238 Å². The van der Waals surface area contributed by atoms with Crippen molar-refractivity contribution in [3.63, 3.8) is 0 Å². The molecule has 5 aromatic carbocycles. The van der Waals surface area contributed by atoms with Gasteiger partial charge in [0.15, 0.2) is 0 Å². The molecule has 5 aliphatic rings. The number of fused-ring (bicyclic) bond motifs is 5. The molecule has 0 saturated heterocycles. The molecule has 4 bridgehead atoms. The van der Waals surface area contributed by atoms with Crippen LogP contribution in [0.15, 0.2) is 84.9 Å². The van der Waals surface area contributed by atoms with Gasteiger partial charge >= 0.3 is 0 Å². The maximum absolute atomic E-state index is 2.51. The molecular weight excluding hydrogens is 480 g/mol. The lowest BCUT2D eigenvalue weighted by atomic mass is 9.47. The molecule has 4 saturated carbocycles. The first kappa shape index (κ1) is 23.3. The lowest BCUT2D eigenvalue weighted by Crippen LogP contribution is -2.48. The molecule has 0 atom stereocenters. The van der Waals surface area contributed by atoms with Gasteiger partial charge in [-0.15, -0.1) is 0 Å². The smallest absolute Gasteiger partial charge is 0.0158 e. The van der Waals surface area contributed by atoms with E-state index in [0.29, 0.717) is 5.41 Å². The van der Waals surface area contributed by atoms with Crippen molar-refractivity contribution < 1.29 is 0 Å². The molecule has 5 aromatic rings. The Morgan fingerprint density at radius 2 is 1.20 bits per heavy atom. The first-order valence-corrected chi connectivity index (χ1v) is 15.6. The third kappa shape index (κ3) is 3.03. The fourth-order valence-electron chi connectivity index (χ4n) is 10.5. The highest BCUT2D eigenvalue weighted by Gasteiger charge is 2.52. The number of benzene rings is 5. The number of hydrogen-bond acceptors (Lipinski definition) is 0. The average molecular weight is 519 g/mol. The highest BCUT2D eigenvalue weighted by atomic mass is 14.6. The van der Waals surface area contributed by atoms with Gasteiger partial charge in [-0.25, -0.2) is 0 Å². The first-order valence-electron chi connectivity index (χ1n) is 15.6. The van der Waals surface area contributed by atoms with Gasteiger partial charge in [0.25, 0.3) is 0 Å². The number of rotatable bonds is 2. The standard InChI is InChI=1S/C40H38/c1-24-12-14-32-34(16-24)37(28-13-15-36-33(20-28)29-8-6-7-11-35(29)39(36,2)3)30-9-4-5-10-31(30)38(32)40-21-25-17-26(22-40)19-27(18-25)23-40/h4-16,20,25-27H,17-19,21-23H2,1-3H3. The second-order valence-electron chi connectivity index (χ2n) is 14.5. The van der Waals surface area contributed by atoms with Crippen molar-refractivity contribution in [1.29, 1.82) is 0 Å². The zero-order valence-electron chi connectivity index (χ0n) is 24.1. The van der Waals surface area contributed by atoms with Crippen LogP contribution in [-0.2, 0) is 10.8 Å². The molecule has 0 radical (unpaired) electrons. The second kappa shape index (κ2) is 7.88. The molecule has 10 rings (SSSR count). The SMILES string of the molecule is Cc1ccc2c(C34CC5CC(CC(C5)C3)C4)c3ccccc3c(-c3ccc4c(c3)-c3ccccc3C4(C)C)c2c1. The van der Waals surface area contributed by atoms with E-state index in [1.807, 2.05) is 0 Å². The van der Waals surface area contributed by atoms with Crippen LogP contribution in [0.2, 0.25) is 0 Å². The van der Waals surface area contributed by atoms with E-state index in [1.54, 1.807) is 5.56 Å². The lowest BCUT2D eigenvalue weighted by molar-refractivity contribution is -0.00382. The van der Waals surface area contributed by atoms with Crippen LogP contribution >= 0.6 is 0 Å². The molecule has 0 aromatic heterocycles. The molecule has 0 unspecified atom stereocenters. The fraction of sp³-hybridized carbons (Fsp3) is 0.350. The van der Waals surface area contributed by atoms with Crippen LogP contribution in [0.4, 0.5) is 0 Å². The summed E-state index contributed by atoms with van der Waals surface area (Å²) in [5, 5.41) is 5.92. The van der Waals surface area contributed by atoms with Crippen LogP contribution < -0.4 is 0 Å². The summed E-state index contributed by atoms with van der Waals surface area (Å²) < 4.78 is 0. The Hall–Kier alpha value is -3.38. The van der Waals surface area contributed by atoms with Crippen molar-refractivity contribution >= 4 is 21.5 Å². The predicted octanol–water partition coefficient (Wildman–Crippen LogP) is 10.7. The quantitative estimate of drug-likeness (QED) is 0.204. The van der Waals surface area contributed by atoms with Gasteiger partial charge in [0, 0.05) is 5.41 Å². The van der Waals surface area contributed by atoms with E-state index in [4.69, 9.17) is 0 Å². The minimum atomic E-state index is 0.0353. The van der Waals surface area contributed by atoms with E-state index in [0.717, 1.165) is 17.8 Å². The predicted molar refractivity (Wildman–Crippen MR) is 169 cm³/mol. The first-order chi connectivity index (χ1) is 19.4. The normalized spacial score (nSPS) is 27.3. The molecule has 0 aliphatic heterocycles. The van der Waals surface area contributed by atoms with Crippen molar-refractivity contribution in [1.82, 2.24) is 0 Å². The Bertz CT molecular complexity index is 1830. The molecule has 198 valence electrons. The Morgan fingerprint density at radius 3 is 1.95 bits per heavy atom. The van der Waals surface area contributed by atoms with Gasteiger partial charge in [-0.3, -0.25) is 0 Å². The highest BCUT2D eigenvalue weighted by molar-refractivity contribution is 6.16. The van der Waals surface area contributed by atoms with Crippen LogP contribution in [0.25, 0.3) is 43.8 Å². The monoisotopic (exact) mass is 518 g/mol. The van der Waals surface area contributed by atoms with Crippen molar-refractivity contribution in [2.75, 3.05) is 0 Å². The van der Waals surface area contributed by atoms with Crippen LogP contribution in [0.1, 0.15) is 74.6 Å². The van der Waals surface area contributed by atoms with E-state index in [1.165, 1.54) is 99.0 Å².